The summed E-state index contributed by atoms with van der Waals surface area (Å²) in [4.78, 5) is 2.55. The van der Waals surface area contributed by atoms with E-state index in [9.17, 15) is 0 Å². The molecule has 147 valence electrons. The lowest BCUT2D eigenvalue weighted by molar-refractivity contribution is 0.189. The zero-order chi connectivity index (χ0) is 19.2. The van der Waals surface area contributed by atoms with Crippen molar-refractivity contribution in [1.29, 1.82) is 0 Å². The number of nitrogens with zero attached hydrogens (tertiary/aromatic N) is 2. The Morgan fingerprint density at radius 1 is 1.14 bits per heavy atom. The maximum atomic E-state index is 5.84. The van der Waals surface area contributed by atoms with Crippen molar-refractivity contribution >= 4 is 10.9 Å². The maximum absolute atomic E-state index is 5.84. The van der Waals surface area contributed by atoms with Crippen molar-refractivity contribution in [2.75, 3.05) is 33.4 Å². The summed E-state index contributed by atoms with van der Waals surface area (Å²) < 4.78 is 16.8. The number of likely N-dealkylation sites (tertiary alicyclic amines) is 1. The van der Waals surface area contributed by atoms with E-state index in [0.29, 0.717) is 12.5 Å². The molecular formula is C23H27N2O3. The van der Waals surface area contributed by atoms with Crippen molar-refractivity contribution in [3.63, 3.8) is 0 Å². The number of hydrogen-bond donors (Lipinski definition) is 0. The molecule has 0 spiro atoms. The highest BCUT2D eigenvalue weighted by atomic mass is 16.5. The average molecular weight is 379 g/mol. The Balaban J connectivity index is 1.18. The van der Waals surface area contributed by atoms with Crippen LogP contribution in [0.15, 0.2) is 47.0 Å². The van der Waals surface area contributed by atoms with E-state index in [1.54, 1.807) is 13.2 Å². The number of aromatic nitrogens is 1. The van der Waals surface area contributed by atoms with Crippen LogP contribution in [0.25, 0.3) is 10.9 Å². The molecular weight excluding hydrogens is 352 g/mol. The predicted molar refractivity (Wildman–Crippen MR) is 109 cm³/mol. The normalized spacial score (nSPS) is 15.8. The van der Waals surface area contributed by atoms with Crippen molar-refractivity contribution < 1.29 is 14.0 Å². The third-order valence-corrected chi connectivity index (χ3v) is 5.50. The van der Waals surface area contributed by atoms with Gasteiger partial charge in [-0.15, -0.1) is 0 Å². The van der Waals surface area contributed by atoms with Crippen molar-refractivity contribution in [3.8, 4) is 11.5 Å². The lowest BCUT2D eigenvalue weighted by atomic mass is 9.92. The van der Waals surface area contributed by atoms with E-state index in [1.807, 2.05) is 24.3 Å². The second-order valence-corrected chi connectivity index (χ2v) is 7.31. The first-order valence-corrected chi connectivity index (χ1v) is 10.1. The molecule has 1 fully saturated rings. The van der Waals surface area contributed by atoms with Gasteiger partial charge in [-0.3, -0.25) is 0 Å². The van der Waals surface area contributed by atoms with Crippen LogP contribution in [0.4, 0.5) is 0 Å². The number of piperidine rings is 1. The van der Waals surface area contributed by atoms with Crippen LogP contribution < -0.4 is 9.47 Å². The predicted octanol–water partition coefficient (Wildman–Crippen LogP) is 4.68. The Hall–Kier alpha value is -2.53. The standard InChI is InChI=1S/C23H27N2O3/c1-26-21-10-4-5-11-22(21)27-17-7-6-14-25-15-12-18(13-16-25)23-19-8-2-3-9-20(19)24-28-23/h2-3,5,8-11,18H,6-7,12-17H2,1H3. The van der Waals surface area contributed by atoms with Gasteiger partial charge in [-0.25, -0.2) is 0 Å². The molecule has 2 heterocycles. The second kappa shape index (κ2) is 9.11. The Kier molecular flexibility index (Phi) is 6.12. The summed E-state index contributed by atoms with van der Waals surface area (Å²) in [5, 5.41) is 5.38. The number of hydrogen-bond acceptors (Lipinski definition) is 5. The van der Waals surface area contributed by atoms with Crippen molar-refractivity contribution in [2.24, 2.45) is 0 Å². The van der Waals surface area contributed by atoms with Gasteiger partial charge in [0.05, 0.1) is 13.7 Å². The summed E-state index contributed by atoms with van der Waals surface area (Å²) >= 11 is 0. The molecule has 1 saturated heterocycles. The van der Waals surface area contributed by atoms with E-state index in [-0.39, 0.29) is 0 Å². The van der Waals surface area contributed by atoms with Gasteiger partial charge in [0.15, 0.2) is 11.5 Å². The van der Waals surface area contributed by atoms with Crippen molar-refractivity contribution in [2.45, 2.75) is 31.6 Å². The third kappa shape index (κ3) is 4.30. The van der Waals surface area contributed by atoms with Gasteiger partial charge in [-0.05, 0) is 75.6 Å². The Labute approximate surface area is 166 Å². The SMILES string of the molecule is COc1c[c]ccc1OCCCCN1CCC(c2onc3ccccc23)CC1. The lowest BCUT2D eigenvalue weighted by Crippen LogP contribution is -2.33. The number of unbranched alkanes of at least 4 members (excludes halogenated alkanes) is 1. The van der Waals surface area contributed by atoms with Crippen LogP contribution in [0, 0.1) is 6.07 Å². The molecule has 1 aromatic heterocycles. The summed E-state index contributed by atoms with van der Waals surface area (Å²) in [6.45, 7) is 4.06. The summed E-state index contributed by atoms with van der Waals surface area (Å²) in [5.41, 5.74) is 0.966. The first-order valence-electron chi connectivity index (χ1n) is 10.1. The van der Waals surface area contributed by atoms with E-state index in [0.717, 1.165) is 68.1 Å². The molecule has 28 heavy (non-hydrogen) atoms. The fourth-order valence-electron chi connectivity index (χ4n) is 3.92. The molecule has 5 nitrogen and oxygen atoms in total. The molecule has 0 atom stereocenters. The van der Waals surface area contributed by atoms with Gasteiger partial charge in [-0.2, -0.15) is 0 Å². The molecule has 0 amide bonds. The molecule has 1 aliphatic heterocycles. The molecule has 0 bridgehead atoms. The summed E-state index contributed by atoms with van der Waals surface area (Å²) in [5.74, 6) is 3.08. The molecule has 1 radical (unpaired) electrons. The minimum absolute atomic E-state index is 0.481. The van der Waals surface area contributed by atoms with Crippen LogP contribution >= 0.6 is 0 Å². The van der Waals surface area contributed by atoms with Crippen LogP contribution in [-0.2, 0) is 0 Å². The van der Waals surface area contributed by atoms with Gasteiger partial charge in [0.25, 0.3) is 0 Å². The van der Waals surface area contributed by atoms with Gasteiger partial charge in [0.1, 0.15) is 11.3 Å². The molecule has 2 aromatic carbocycles. The molecule has 0 saturated carbocycles. The highest BCUT2D eigenvalue weighted by Gasteiger charge is 2.25. The zero-order valence-electron chi connectivity index (χ0n) is 16.4. The van der Waals surface area contributed by atoms with Gasteiger partial charge in [-0.1, -0.05) is 23.4 Å². The van der Waals surface area contributed by atoms with E-state index in [2.05, 4.69) is 28.3 Å². The first kappa shape index (κ1) is 18.8. The average Bonchev–Trinajstić information content (AvgIpc) is 3.18. The molecule has 1 aliphatic rings. The molecule has 4 rings (SSSR count). The number of benzene rings is 2. The number of rotatable bonds is 8. The Morgan fingerprint density at radius 3 is 2.86 bits per heavy atom. The van der Waals surface area contributed by atoms with E-state index >= 15 is 0 Å². The van der Waals surface area contributed by atoms with Crippen LogP contribution in [0.5, 0.6) is 11.5 Å². The fraction of sp³-hybridized carbons (Fsp3) is 0.435. The highest BCUT2D eigenvalue weighted by molar-refractivity contribution is 5.80. The number of ether oxygens (including phenoxy) is 2. The quantitative estimate of drug-likeness (QED) is 0.532. The largest absolute Gasteiger partial charge is 0.493 e. The van der Waals surface area contributed by atoms with Gasteiger partial charge in [0.2, 0.25) is 0 Å². The summed E-state index contributed by atoms with van der Waals surface area (Å²) in [6, 6.07) is 16.7. The molecule has 0 N–H and O–H groups in total. The van der Waals surface area contributed by atoms with Gasteiger partial charge < -0.3 is 18.9 Å². The number of fused-ring (bicyclic) bond motifs is 1. The first-order chi connectivity index (χ1) is 13.8. The van der Waals surface area contributed by atoms with E-state index < -0.39 is 0 Å². The van der Waals surface area contributed by atoms with E-state index in [1.165, 1.54) is 5.39 Å². The number of methoxy groups -OCH3 is 1. The van der Waals surface area contributed by atoms with Crippen LogP contribution in [-0.4, -0.2) is 43.4 Å². The summed E-state index contributed by atoms with van der Waals surface area (Å²) in [7, 11) is 1.65. The van der Waals surface area contributed by atoms with Crippen LogP contribution in [0.2, 0.25) is 0 Å². The van der Waals surface area contributed by atoms with Crippen molar-refractivity contribution in [3.05, 3.63) is 54.3 Å². The molecule has 5 heteroatoms. The monoisotopic (exact) mass is 379 g/mol. The fourth-order valence-corrected chi connectivity index (χ4v) is 3.92. The minimum Gasteiger partial charge on any atom is -0.493 e. The van der Waals surface area contributed by atoms with Crippen molar-refractivity contribution in [1.82, 2.24) is 10.1 Å². The van der Waals surface area contributed by atoms with E-state index in [4.69, 9.17) is 14.0 Å². The second-order valence-electron chi connectivity index (χ2n) is 7.31. The third-order valence-electron chi connectivity index (χ3n) is 5.50. The molecule has 0 unspecified atom stereocenters. The highest BCUT2D eigenvalue weighted by Crippen LogP contribution is 2.33. The van der Waals surface area contributed by atoms with Crippen LogP contribution in [0.3, 0.4) is 0 Å². The zero-order valence-corrected chi connectivity index (χ0v) is 16.4. The Bertz CT molecular complexity index is 884. The maximum Gasteiger partial charge on any atom is 0.161 e. The molecule has 0 aliphatic carbocycles. The topological polar surface area (TPSA) is 47.7 Å². The lowest BCUT2D eigenvalue weighted by Gasteiger charge is -2.30. The van der Waals surface area contributed by atoms with Crippen LogP contribution in [0.1, 0.15) is 37.4 Å². The van der Waals surface area contributed by atoms with Gasteiger partial charge in [0, 0.05) is 11.3 Å². The Morgan fingerprint density at radius 2 is 2.00 bits per heavy atom. The minimum atomic E-state index is 0.481. The smallest absolute Gasteiger partial charge is 0.161 e. The molecule has 3 aromatic rings. The van der Waals surface area contributed by atoms with Gasteiger partial charge >= 0.3 is 0 Å². The summed E-state index contributed by atoms with van der Waals surface area (Å²) in [6.07, 6.45) is 4.44.